The topological polar surface area (TPSA) is 55.7 Å². The number of allylic oxidation sites excluding steroid dienone is 2. The molecule has 0 heterocycles. The molecule has 1 aliphatic rings. The van der Waals surface area contributed by atoms with Crippen molar-refractivity contribution >= 4 is 18.1 Å². The predicted octanol–water partition coefficient (Wildman–Crippen LogP) is 2.14. The van der Waals surface area contributed by atoms with E-state index in [0.29, 0.717) is 11.1 Å². The van der Waals surface area contributed by atoms with Crippen molar-refractivity contribution in [3.8, 4) is 0 Å². The number of carbonyl (C=O) groups is 1. The molecule has 0 fully saturated rings. The van der Waals surface area contributed by atoms with Gasteiger partial charge in [-0.2, -0.15) is 0 Å². The van der Waals surface area contributed by atoms with Crippen molar-refractivity contribution in [3.05, 3.63) is 65.3 Å². The summed E-state index contributed by atoms with van der Waals surface area (Å²) >= 11 is 0. The fraction of sp³-hybridized carbons (Fsp3) is 0.125. The Hall–Kier alpha value is -2.71. The maximum atomic E-state index is 11.3. The van der Waals surface area contributed by atoms with Crippen molar-refractivity contribution < 1.29 is 14.3 Å². The molecule has 0 radical (unpaired) electrons. The van der Waals surface area contributed by atoms with E-state index in [1.54, 1.807) is 42.6 Å². The molecule has 0 aliphatic heterocycles. The molecule has 4 nitrogen and oxygen atoms in total. The van der Waals surface area contributed by atoms with Crippen molar-refractivity contribution in [1.82, 2.24) is 0 Å². The van der Waals surface area contributed by atoms with Gasteiger partial charge in [0.25, 0.3) is 0 Å². The van der Waals surface area contributed by atoms with Crippen LogP contribution in [0.5, 0.6) is 0 Å². The zero-order valence-electron chi connectivity index (χ0n) is 10.9. The van der Waals surface area contributed by atoms with E-state index in [1.807, 2.05) is 18.1 Å². The highest BCUT2D eigenvalue weighted by Gasteiger charge is 2.09. The summed E-state index contributed by atoms with van der Waals surface area (Å²) in [5.74, 6) is 1.50. The molecule has 0 amide bonds. The predicted molar refractivity (Wildman–Crippen MR) is 76.7 cm³/mol. The second-order valence-corrected chi connectivity index (χ2v) is 4.14. The van der Waals surface area contributed by atoms with Crippen molar-refractivity contribution in [2.45, 2.75) is 6.04 Å². The lowest BCUT2D eigenvalue weighted by Gasteiger charge is -2.08. The fourth-order valence-electron chi connectivity index (χ4n) is 1.74. The van der Waals surface area contributed by atoms with Crippen LogP contribution >= 0.6 is 0 Å². The first-order valence-corrected chi connectivity index (χ1v) is 6.06. The molecule has 1 aromatic carbocycles. The molecule has 0 bridgehead atoms. The SMILES string of the molecule is COC(=O)c1ccc(C=NC2C=CC=CC2=C=O)cc1. The highest BCUT2D eigenvalue weighted by atomic mass is 16.5. The smallest absolute Gasteiger partial charge is 0.337 e. The van der Waals surface area contributed by atoms with Crippen LogP contribution in [0.3, 0.4) is 0 Å². The van der Waals surface area contributed by atoms with Gasteiger partial charge in [0, 0.05) is 6.21 Å². The van der Waals surface area contributed by atoms with Gasteiger partial charge in [-0.05, 0) is 23.8 Å². The molecular weight excluding hydrogens is 254 g/mol. The fourth-order valence-corrected chi connectivity index (χ4v) is 1.74. The summed E-state index contributed by atoms with van der Waals surface area (Å²) in [4.78, 5) is 26.4. The maximum Gasteiger partial charge on any atom is 0.337 e. The van der Waals surface area contributed by atoms with Crippen molar-refractivity contribution in [3.63, 3.8) is 0 Å². The van der Waals surface area contributed by atoms with E-state index >= 15 is 0 Å². The second-order valence-electron chi connectivity index (χ2n) is 4.14. The van der Waals surface area contributed by atoms with E-state index in [2.05, 4.69) is 9.73 Å². The minimum atomic E-state index is -0.375. The van der Waals surface area contributed by atoms with Crippen LogP contribution in [0.25, 0.3) is 0 Å². The Morgan fingerprint density at radius 2 is 2.05 bits per heavy atom. The van der Waals surface area contributed by atoms with Gasteiger partial charge in [-0.15, -0.1) is 0 Å². The van der Waals surface area contributed by atoms with Gasteiger partial charge in [-0.3, -0.25) is 4.99 Å². The molecule has 0 saturated heterocycles. The molecule has 0 N–H and O–H groups in total. The van der Waals surface area contributed by atoms with Crippen LogP contribution in [0, 0.1) is 0 Å². The summed E-state index contributed by atoms with van der Waals surface area (Å²) in [5, 5.41) is 0. The van der Waals surface area contributed by atoms with E-state index in [0.717, 1.165) is 5.56 Å². The van der Waals surface area contributed by atoms with E-state index < -0.39 is 0 Å². The van der Waals surface area contributed by atoms with Crippen LogP contribution in [0.1, 0.15) is 15.9 Å². The normalized spacial score (nSPS) is 17.2. The Kier molecular flexibility index (Phi) is 4.43. The van der Waals surface area contributed by atoms with Gasteiger partial charge < -0.3 is 4.74 Å². The number of hydrogen-bond acceptors (Lipinski definition) is 4. The van der Waals surface area contributed by atoms with Gasteiger partial charge in [0.15, 0.2) is 0 Å². The summed E-state index contributed by atoms with van der Waals surface area (Å²) in [7, 11) is 1.34. The van der Waals surface area contributed by atoms with Gasteiger partial charge in [0.2, 0.25) is 0 Å². The molecule has 1 atom stereocenters. The van der Waals surface area contributed by atoms with Crippen LogP contribution in [-0.2, 0) is 9.53 Å². The Labute approximate surface area is 116 Å². The number of esters is 1. The summed E-state index contributed by atoms with van der Waals surface area (Å²) < 4.78 is 4.62. The molecule has 0 aromatic heterocycles. The lowest BCUT2D eigenvalue weighted by molar-refractivity contribution is 0.0600. The Bertz CT molecular complexity index is 632. The first-order valence-electron chi connectivity index (χ1n) is 6.06. The van der Waals surface area contributed by atoms with Crippen LogP contribution in [0.2, 0.25) is 0 Å². The summed E-state index contributed by atoms with van der Waals surface area (Å²) in [6.07, 6.45) is 8.78. The number of methoxy groups -OCH3 is 1. The van der Waals surface area contributed by atoms with Gasteiger partial charge in [-0.1, -0.05) is 30.4 Å². The third-order valence-corrected chi connectivity index (χ3v) is 2.83. The average molecular weight is 267 g/mol. The number of nitrogens with zero attached hydrogens (tertiary/aromatic N) is 1. The average Bonchev–Trinajstić information content (AvgIpc) is 2.53. The zero-order valence-corrected chi connectivity index (χ0v) is 10.9. The monoisotopic (exact) mass is 267 g/mol. The third kappa shape index (κ3) is 3.19. The zero-order chi connectivity index (χ0) is 14.4. The minimum absolute atomic E-state index is 0.308. The standard InChI is InChI=1S/C16H13NO3/c1-20-16(19)13-8-6-12(7-9-13)10-17-15-5-3-2-4-14(15)11-18/h2-10,15H,1H3. The molecule has 1 unspecified atom stereocenters. The molecule has 0 saturated carbocycles. The summed E-state index contributed by atoms with van der Waals surface area (Å²) in [5.41, 5.74) is 1.82. The number of hydrogen-bond donors (Lipinski definition) is 0. The number of carbonyl (C=O) groups excluding carboxylic acids is 2. The molecular formula is C16H13NO3. The van der Waals surface area contributed by atoms with Gasteiger partial charge >= 0.3 is 5.97 Å². The lowest BCUT2D eigenvalue weighted by Crippen LogP contribution is -2.06. The van der Waals surface area contributed by atoms with Crippen molar-refractivity contribution in [2.24, 2.45) is 4.99 Å². The highest BCUT2D eigenvalue weighted by molar-refractivity contribution is 5.90. The molecule has 0 spiro atoms. The number of ether oxygens (including phenoxy) is 1. The van der Waals surface area contributed by atoms with E-state index in [1.165, 1.54) is 7.11 Å². The first kappa shape index (κ1) is 13.7. The van der Waals surface area contributed by atoms with E-state index in [4.69, 9.17) is 0 Å². The Balaban J connectivity index is 2.12. The van der Waals surface area contributed by atoms with E-state index in [-0.39, 0.29) is 12.0 Å². The van der Waals surface area contributed by atoms with Gasteiger partial charge in [0.1, 0.15) is 12.0 Å². The van der Waals surface area contributed by atoms with Crippen LogP contribution in [0.15, 0.2) is 59.1 Å². The molecule has 100 valence electrons. The quantitative estimate of drug-likeness (QED) is 0.479. The van der Waals surface area contributed by atoms with Gasteiger partial charge in [-0.25, -0.2) is 9.59 Å². The Morgan fingerprint density at radius 1 is 1.30 bits per heavy atom. The van der Waals surface area contributed by atoms with Crippen molar-refractivity contribution in [1.29, 1.82) is 0 Å². The lowest BCUT2D eigenvalue weighted by atomic mass is 10.0. The van der Waals surface area contributed by atoms with Gasteiger partial charge in [0.05, 0.1) is 18.2 Å². The van der Waals surface area contributed by atoms with Crippen molar-refractivity contribution in [2.75, 3.05) is 7.11 Å². The number of aliphatic imine (C=N–C) groups is 1. The highest BCUT2D eigenvalue weighted by Crippen LogP contribution is 2.12. The number of benzene rings is 1. The molecule has 1 aromatic rings. The van der Waals surface area contributed by atoms with E-state index in [9.17, 15) is 9.59 Å². The minimum Gasteiger partial charge on any atom is -0.465 e. The second kappa shape index (κ2) is 6.45. The molecule has 1 aliphatic carbocycles. The summed E-state index contributed by atoms with van der Waals surface area (Å²) in [6.45, 7) is 0. The molecule has 4 heteroatoms. The maximum absolute atomic E-state index is 11.3. The third-order valence-electron chi connectivity index (χ3n) is 2.83. The van der Waals surface area contributed by atoms with Crippen LogP contribution in [-0.4, -0.2) is 31.3 Å². The first-order chi connectivity index (χ1) is 9.74. The van der Waals surface area contributed by atoms with Crippen LogP contribution in [0.4, 0.5) is 0 Å². The Morgan fingerprint density at radius 3 is 2.70 bits per heavy atom. The largest absolute Gasteiger partial charge is 0.465 e. The summed E-state index contributed by atoms with van der Waals surface area (Å²) in [6, 6.07) is 6.56. The molecule has 20 heavy (non-hydrogen) atoms. The van der Waals surface area contributed by atoms with Crippen LogP contribution < -0.4 is 0 Å². The molecule has 2 rings (SSSR count). The number of rotatable bonds is 3.